The first-order chi connectivity index (χ1) is 17.9. The molecule has 0 amide bonds. The van der Waals surface area contributed by atoms with E-state index in [1.54, 1.807) is 0 Å². The number of hydrogen-bond donors (Lipinski definition) is 2. The van der Waals surface area contributed by atoms with Crippen LogP contribution in [0.1, 0.15) is 71.6 Å². The summed E-state index contributed by atoms with van der Waals surface area (Å²) in [4.78, 5) is 24.7. The second-order valence-corrected chi connectivity index (χ2v) is 12.2. The number of carbonyl (C=O) groups excluding carboxylic acids is 1. The second kappa shape index (κ2) is 9.12. The van der Waals surface area contributed by atoms with Crippen LogP contribution in [0, 0.1) is 62.1 Å². The van der Waals surface area contributed by atoms with Gasteiger partial charge in [0.15, 0.2) is 17.3 Å². The van der Waals surface area contributed by atoms with Crippen molar-refractivity contribution in [1.82, 2.24) is 0 Å². The van der Waals surface area contributed by atoms with Crippen LogP contribution in [0.2, 0.25) is 0 Å². The molecule has 0 aromatic heterocycles. The van der Waals surface area contributed by atoms with Crippen molar-refractivity contribution >= 4 is 22.8 Å². The van der Waals surface area contributed by atoms with Gasteiger partial charge in [0.1, 0.15) is 11.5 Å². The fourth-order valence-corrected chi connectivity index (χ4v) is 8.78. The van der Waals surface area contributed by atoms with Crippen molar-refractivity contribution in [1.29, 1.82) is 0 Å². The molecular formula is C26H32F3N5O4. The SMILES string of the molecule is C[C@]12CCC(=O)C[C@@H]1CC[C@@H]1[C@@H]2CC[C@@]2(C)[C@H]1CC[C@@]2(O)CNc1c(F)c(N=[N+]=[N-])c(F)c(F)c1[N+](=O)[O-]. The molecule has 1 aromatic rings. The maximum absolute atomic E-state index is 15.1. The van der Waals surface area contributed by atoms with Gasteiger partial charge in [-0.1, -0.05) is 19.0 Å². The summed E-state index contributed by atoms with van der Waals surface area (Å²) >= 11 is 0. The van der Waals surface area contributed by atoms with Gasteiger partial charge in [0, 0.05) is 29.7 Å². The molecule has 4 aliphatic rings. The average molecular weight is 536 g/mol. The van der Waals surface area contributed by atoms with Crippen LogP contribution in [0.4, 0.5) is 30.2 Å². The first-order valence-electron chi connectivity index (χ1n) is 13.3. The number of aliphatic hydroxyl groups is 1. The van der Waals surface area contributed by atoms with E-state index in [2.05, 4.69) is 22.3 Å². The van der Waals surface area contributed by atoms with Crippen LogP contribution in [0.5, 0.6) is 0 Å². The molecule has 0 bridgehead atoms. The predicted octanol–water partition coefficient (Wildman–Crippen LogP) is 6.71. The molecule has 0 spiro atoms. The number of nitrogens with zero attached hydrogens (tertiary/aromatic N) is 4. The largest absolute Gasteiger partial charge is 0.387 e. The van der Waals surface area contributed by atoms with Crippen molar-refractivity contribution in [3.05, 3.63) is 38.0 Å². The molecule has 12 heteroatoms. The summed E-state index contributed by atoms with van der Waals surface area (Å²) in [5.41, 5.74) is 3.05. The van der Waals surface area contributed by atoms with Crippen molar-refractivity contribution in [2.75, 3.05) is 11.9 Å². The molecule has 4 aliphatic carbocycles. The number of nitro groups is 1. The molecule has 0 heterocycles. The third-order valence-electron chi connectivity index (χ3n) is 11.0. The topological polar surface area (TPSA) is 141 Å². The number of ketones is 1. The third-order valence-corrected chi connectivity index (χ3v) is 11.0. The van der Waals surface area contributed by atoms with Gasteiger partial charge in [-0.3, -0.25) is 14.9 Å². The van der Waals surface area contributed by atoms with Crippen molar-refractivity contribution < 1.29 is 28.0 Å². The van der Waals surface area contributed by atoms with Crippen LogP contribution in [0.25, 0.3) is 10.4 Å². The van der Waals surface area contributed by atoms with Crippen LogP contribution in [-0.2, 0) is 4.79 Å². The van der Waals surface area contributed by atoms with Gasteiger partial charge in [0.25, 0.3) is 0 Å². The maximum atomic E-state index is 15.1. The van der Waals surface area contributed by atoms with E-state index in [1.165, 1.54) is 0 Å². The lowest BCUT2D eigenvalue weighted by molar-refractivity contribution is -0.387. The molecule has 2 N–H and O–H groups in total. The van der Waals surface area contributed by atoms with E-state index in [0.717, 1.165) is 32.1 Å². The number of hydrogen-bond acceptors (Lipinski definition) is 6. The van der Waals surface area contributed by atoms with Crippen molar-refractivity contribution in [2.45, 2.75) is 77.2 Å². The van der Waals surface area contributed by atoms with Gasteiger partial charge >= 0.3 is 5.69 Å². The van der Waals surface area contributed by atoms with E-state index in [9.17, 15) is 28.8 Å². The maximum Gasteiger partial charge on any atom is 0.333 e. The minimum atomic E-state index is -1.95. The summed E-state index contributed by atoms with van der Waals surface area (Å²) in [7, 11) is 0. The number of rotatable bonds is 5. The lowest BCUT2D eigenvalue weighted by atomic mass is 9.44. The summed E-state index contributed by atoms with van der Waals surface area (Å²) in [6.07, 6.45) is 6.75. The minimum Gasteiger partial charge on any atom is -0.387 e. The van der Waals surface area contributed by atoms with Crippen molar-refractivity contribution in [3.8, 4) is 0 Å². The highest BCUT2D eigenvalue weighted by Gasteiger charge is 2.64. The summed E-state index contributed by atoms with van der Waals surface area (Å²) in [6.45, 7) is 4.01. The zero-order valence-corrected chi connectivity index (χ0v) is 21.5. The van der Waals surface area contributed by atoms with Crippen molar-refractivity contribution in [3.63, 3.8) is 0 Å². The van der Waals surface area contributed by atoms with E-state index in [1.807, 2.05) is 6.92 Å². The zero-order valence-electron chi connectivity index (χ0n) is 21.5. The van der Waals surface area contributed by atoms with Gasteiger partial charge in [-0.25, -0.2) is 8.78 Å². The van der Waals surface area contributed by atoms with Crippen LogP contribution in [0.15, 0.2) is 5.11 Å². The molecule has 206 valence electrons. The smallest absolute Gasteiger partial charge is 0.333 e. The van der Waals surface area contributed by atoms with Crippen LogP contribution in [0.3, 0.4) is 0 Å². The Morgan fingerprint density at radius 2 is 1.82 bits per heavy atom. The predicted molar refractivity (Wildman–Crippen MR) is 132 cm³/mol. The highest BCUT2D eigenvalue weighted by molar-refractivity contribution is 5.79. The zero-order chi connectivity index (χ0) is 27.6. The number of fused-ring (bicyclic) bond motifs is 5. The highest BCUT2D eigenvalue weighted by Crippen LogP contribution is 2.68. The molecule has 9 nitrogen and oxygen atoms in total. The molecule has 0 aliphatic heterocycles. The summed E-state index contributed by atoms with van der Waals surface area (Å²) in [5.74, 6) is -3.77. The third kappa shape index (κ3) is 3.71. The summed E-state index contributed by atoms with van der Waals surface area (Å²) in [6, 6.07) is 0. The Labute approximate surface area is 217 Å². The number of halogens is 3. The van der Waals surface area contributed by atoms with Crippen LogP contribution in [-0.4, -0.2) is 28.0 Å². The quantitative estimate of drug-likeness (QED) is 0.108. The molecule has 0 unspecified atom stereocenters. The molecule has 1 aromatic carbocycles. The molecule has 38 heavy (non-hydrogen) atoms. The number of nitro benzene ring substituents is 1. The second-order valence-electron chi connectivity index (χ2n) is 12.2. The number of nitrogens with one attached hydrogen (secondary N) is 1. The normalized spacial score (nSPS) is 38.0. The Bertz CT molecular complexity index is 1260. The van der Waals surface area contributed by atoms with Crippen LogP contribution < -0.4 is 5.32 Å². The van der Waals surface area contributed by atoms with Gasteiger partial charge in [-0.05, 0) is 79.6 Å². The fourth-order valence-electron chi connectivity index (χ4n) is 8.78. The molecular weight excluding hydrogens is 503 g/mol. The van der Waals surface area contributed by atoms with E-state index in [0.29, 0.717) is 49.2 Å². The van der Waals surface area contributed by atoms with Gasteiger partial charge in [-0.2, -0.15) is 4.39 Å². The van der Waals surface area contributed by atoms with Gasteiger partial charge in [0.2, 0.25) is 5.82 Å². The lowest BCUT2D eigenvalue weighted by Gasteiger charge is -2.61. The number of Topliss-reactive ketones (excluding diaryl/α,β-unsaturated/α-hetero) is 1. The number of anilines is 1. The Morgan fingerprint density at radius 3 is 2.50 bits per heavy atom. The van der Waals surface area contributed by atoms with Gasteiger partial charge in [-0.15, -0.1) is 0 Å². The van der Waals surface area contributed by atoms with Gasteiger partial charge < -0.3 is 10.4 Å². The Morgan fingerprint density at radius 1 is 1.11 bits per heavy atom. The Balaban J connectivity index is 1.43. The van der Waals surface area contributed by atoms with E-state index in [-0.39, 0.29) is 17.9 Å². The summed E-state index contributed by atoms with van der Waals surface area (Å²) in [5, 5.41) is 28.8. The molecule has 0 saturated heterocycles. The molecule has 0 radical (unpaired) electrons. The first kappa shape index (κ1) is 26.7. The minimum absolute atomic E-state index is 0.0875. The Kier molecular flexibility index (Phi) is 6.42. The molecule has 5 rings (SSSR count). The van der Waals surface area contributed by atoms with Crippen LogP contribution >= 0.6 is 0 Å². The fraction of sp³-hybridized carbons (Fsp3) is 0.731. The average Bonchev–Trinajstić information content (AvgIpc) is 3.14. The Hall–Kier alpha value is -2.85. The highest BCUT2D eigenvalue weighted by atomic mass is 19.2. The standard InChI is InChI=1S/C26H32F3N5O4/c1-24-8-5-14(35)11-13(24)3-4-15-16(24)6-9-25(2)17(15)7-10-26(25,36)12-31-22-20(29)21(32-33-30)18(27)19(28)23(22)34(37)38/h13,15-17,31,36H,3-12H2,1-2H3/t13-,15+,16-,17-,24-,25-,26+/m0/s1. The molecule has 4 saturated carbocycles. The monoisotopic (exact) mass is 535 g/mol. The molecule has 4 fully saturated rings. The number of carbonyl (C=O) groups is 1. The lowest BCUT2D eigenvalue weighted by Crippen LogP contribution is -2.58. The van der Waals surface area contributed by atoms with E-state index in [4.69, 9.17) is 5.53 Å². The van der Waals surface area contributed by atoms with Crippen molar-refractivity contribution in [2.24, 2.45) is 39.6 Å². The number of azide groups is 1. The first-order valence-corrected chi connectivity index (χ1v) is 13.3. The summed E-state index contributed by atoms with van der Waals surface area (Å²) < 4.78 is 43.8. The number of benzene rings is 1. The molecule has 7 atom stereocenters. The van der Waals surface area contributed by atoms with E-state index >= 15 is 4.39 Å². The van der Waals surface area contributed by atoms with Gasteiger partial charge in [0.05, 0.1) is 10.5 Å². The van der Waals surface area contributed by atoms with E-state index < -0.39 is 50.5 Å².